The molecule has 6 nitrogen and oxygen atoms in total. The van der Waals surface area contributed by atoms with Crippen molar-refractivity contribution in [2.24, 2.45) is 0 Å². The van der Waals surface area contributed by atoms with Gasteiger partial charge in [0.2, 0.25) is 0 Å². The zero-order valence-electron chi connectivity index (χ0n) is 9.95. The molecule has 1 aromatic heterocycles. The van der Waals surface area contributed by atoms with Crippen LogP contribution in [0.1, 0.15) is 36.0 Å². The summed E-state index contributed by atoms with van der Waals surface area (Å²) in [6.07, 6.45) is 5.96. The van der Waals surface area contributed by atoms with Crippen LogP contribution in [0.4, 0.5) is 0 Å². The first-order valence-corrected chi connectivity index (χ1v) is 6.00. The van der Waals surface area contributed by atoms with E-state index in [1.165, 1.54) is 17.3 Å². The van der Waals surface area contributed by atoms with E-state index in [9.17, 15) is 14.7 Å². The maximum absolute atomic E-state index is 12.3. The highest BCUT2D eigenvalue weighted by Crippen LogP contribution is 2.19. The molecule has 2 rings (SSSR count). The summed E-state index contributed by atoms with van der Waals surface area (Å²) in [5.41, 5.74) is 0.387. The predicted octanol–water partition coefficient (Wildman–Crippen LogP) is 0.946. The van der Waals surface area contributed by atoms with Gasteiger partial charge in [0, 0.05) is 6.54 Å². The first-order valence-electron chi connectivity index (χ1n) is 6.00. The van der Waals surface area contributed by atoms with Crippen molar-refractivity contribution in [3.8, 4) is 0 Å². The maximum Gasteiger partial charge on any atom is 0.326 e. The zero-order chi connectivity index (χ0) is 13.0. The maximum atomic E-state index is 12.3. The van der Waals surface area contributed by atoms with Crippen LogP contribution in [0.3, 0.4) is 0 Å². The van der Waals surface area contributed by atoms with Crippen LogP contribution in [0.25, 0.3) is 0 Å². The number of carbonyl (C=O) groups excluding carboxylic acids is 1. The van der Waals surface area contributed by atoms with Crippen molar-refractivity contribution in [3.63, 3.8) is 0 Å². The van der Waals surface area contributed by atoms with Crippen LogP contribution in [-0.4, -0.2) is 44.7 Å². The van der Waals surface area contributed by atoms with Gasteiger partial charge in [-0.25, -0.2) is 4.79 Å². The molecule has 0 spiro atoms. The molecule has 6 heteroatoms. The lowest BCUT2D eigenvalue weighted by molar-refractivity contribution is -0.142. The Morgan fingerprint density at radius 2 is 2.11 bits per heavy atom. The number of nitrogens with zero attached hydrogens (tertiary/aromatic N) is 3. The Morgan fingerprint density at radius 3 is 2.78 bits per heavy atom. The number of rotatable bonds is 2. The topological polar surface area (TPSA) is 83.4 Å². The fraction of sp³-hybridized carbons (Fsp3) is 0.500. The molecule has 1 aliphatic heterocycles. The number of carboxylic acids is 1. The number of likely N-dealkylation sites (tertiary alicyclic amines) is 1. The number of carbonyl (C=O) groups is 2. The lowest BCUT2D eigenvalue weighted by Crippen LogP contribution is -2.44. The molecule has 2 heterocycles. The Kier molecular flexibility index (Phi) is 3.86. The molecule has 0 radical (unpaired) electrons. The van der Waals surface area contributed by atoms with Gasteiger partial charge in [0.25, 0.3) is 5.91 Å². The lowest BCUT2D eigenvalue weighted by Gasteiger charge is -2.26. The summed E-state index contributed by atoms with van der Waals surface area (Å²) in [4.78, 5) is 24.9. The van der Waals surface area contributed by atoms with Crippen LogP contribution < -0.4 is 0 Å². The van der Waals surface area contributed by atoms with Gasteiger partial charge in [-0.3, -0.25) is 4.79 Å². The Hall–Kier alpha value is -1.98. The van der Waals surface area contributed by atoms with E-state index < -0.39 is 12.0 Å². The summed E-state index contributed by atoms with van der Waals surface area (Å²) in [7, 11) is 0. The molecule has 0 aliphatic carbocycles. The largest absolute Gasteiger partial charge is 0.480 e. The number of aliphatic carboxylic acids is 1. The molecule has 18 heavy (non-hydrogen) atoms. The van der Waals surface area contributed by atoms with Gasteiger partial charge in [0.05, 0.1) is 18.0 Å². The molecule has 1 unspecified atom stereocenters. The number of aromatic nitrogens is 2. The summed E-state index contributed by atoms with van der Waals surface area (Å²) in [5.74, 6) is -1.22. The highest BCUT2D eigenvalue weighted by Gasteiger charge is 2.31. The van der Waals surface area contributed by atoms with Gasteiger partial charge in [-0.1, -0.05) is 12.8 Å². The second kappa shape index (κ2) is 5.57. The second-order valence-electron chi connectivity index (χ2n) is 4.33. The first-order chi connectivity index (χ1) is 8.70. The Morgan fingerprint density at radius 1 is 1.28 bits per heavy atom. The number of carboxylic acid groups (broad SMARTS) is 1. The van der Waals surface area contributed by atoms with Gasteiger partial charge in [-0.2, -0.15) is 10.2 Å². The molecule has 0 bridgehead atoms. The van der Waals surface area contributed by atoms with Crippen LogP contribution in [0, 0.1) is 0 Å². The molecule has 1 aliphatic rings. The van der Waals surface area contributed by atoms with Crippen LogP contribution >= 0.6 is 0 Å². The van der Waals surface area contributed by atoms with Crippen molar-refractivity contribution in [2.75, 3.05) is 6.54 Å². The smallest absolute Gasteiger partial charge is 0.326 e. The summed E-state index contributed by atoms with van der Waals surface area (Å²) in [5, 5.41) is 16.5. The molecular weight excluding hydrogens is 234 g/mol. The van der Waals surface area contributed by atoms with Gasteiger partial charge in [-0.05, 0) is 18.9 Å². The van der Waals surface area contributed by atoms with Gasteiger partial charge in [0.1, 0.15) is 6.04 Å². The average Bonchev–Trinajstić information content (AvgIpc) is 2.64. The third kappa shape index (κ3) is 2.64. The van der Waals surface area contributed by atoms with E-state index in [1.54, 1.807) is 6.07 Å². The Balaban J connectivity index is 2.22. The molecule has 1 fully saturated rings. The summed E-state index contributed by atoms with van der Waals surface area (Å²) in [6.45, 7) is 0.484. The van der Waals surface area contributed by atoms with E-state index in [0.717, 1.165) is 19.3 Å². The zero-order valence-corrected chi connectivity index (χ0v) is 9.95. The van der Waals surface area contributed by atoms with Gasteiger partial charge >= 0.3 is 5.97 Å². The second-order valence-corrected chi connectivity index (χ2v) is 4.33. The van der Waals surface area contributed by atoms with Crippen molar-refractivity contribution < 1.29 is 14.7 Å². The minimum atomic E-state index is -0.938. The molecule has 0 aromatic carbocycles. The Labute approximate surface area is 105 Å². The third-order valence-electron chi connectivity index (χ3n) is 3.13. The monoisotopic (exact) mass is 249 g/mol. The molecule has 1 atom stereocenters. The minimum Gasteiger partial charge on any atom is -0.480 e. The fourth-order valence-corrected chi connectivity index (χ4v) is 2.19. The third-order valence-corrected chi connectivity index (χ3v) is 3.13. The van der Waals surface area contributed by atoms with Gasteiger partial charge in [0.15, 0.2) is 0 Å². The van der Waals surface area contributed by atoms with E-state index in [4.69, 9.17) is 0 Å². The van der Waals surface area contributed by atoms with E-state index >= 15 is 0 Å². The molecule has 1 saturated heterocycles. The van der Waals surface area contributed by atoms with Crippen molar-refractivity contribution in [1.82, 2.24) is 15.1 Å². The van der Waals surface area contributed by atoms with Crippen LogP contribution in [0.5, 0.6) is 0 Å². The van der Waals surface area contributed by atoms with E-state index in [1.807, 2.05) is 0 Å². The van der Waals surface area contributed by atoms with Gasteiger partial charge < -0.3 is 10.0 Å². The van der Waals surface area contributed by atoms with E-state index in [2.05, 4.69) is 10.2 Å². The van der Waals surface area contributed by atoms with Gasteiger partial charge in [-0.15, -0.1) is 0 Å². The number of hydrogen-bond donors (Lipinski definition) is 1. The highest BCUT2D eigenvalue weighted by molar-refractivity contribution is 5.96. The van der Waals surface area contributed by atoms with Crippen molar-refractivity contribution >= 4 is 11.9 Å². The lowest BCUT2D eigenvalue weighted by atomic mass is 10.1. The number of amides is 1. The molecule has 96 valence electrons. The highest BCUT2D eigenvalue weighted by atomic mass is 16.4. The van der Waals surface area contributed by atoms with Crippen LogP contribution in [0.2, 0.25) is 0 Å². The minimum absolute atomic E-state index is 0.279. The standard InChI is InChI=1S/C12H15N3O3/c16-11(9-5-6-13-14-8-9)15-7-3-1-2-4-10(15)12(17)18/h5-6,8,10H,1-4,7H2,(H,17,18). The molecule has 1 amide bonds. The van der Waals surface area contributed by atoms with E-state index in [0.29, 0.717) is 18.5 Å². The van der Waals surface area contributed by atoms with Crippen LogP contribution in [-0.2, 0) is 4.79 Å². The summed E-state index contributed by atoms with van der Waals surface area (Å²) in [6, 6.07) is 0.826. The fourth-order valence-electron chi connectivity index (χ4n) is 2.19. The number of hydrogen-bond acceptors (Lipinski definition) is 4. The molecule has 1 aromatic rings. The SMILES string of the molecule is O=C(O)C1CCCCCN1C(=O)c1ccnnc1. The average molecular weight is 249 g/mol. The van der Waals surface area contributed by atoms with Crippen molar-refractivity contribution in [3.05, 3.63) is 24.0 Å². The molecule has 1 N–H and O–H groups in total. The van der Waals surface area contributed by atoms with Crippen LogP contribution in [0.15, 0.2) is 18.5 Å². The van der Waals surface area contributed by atoms with Crippen molar-refractivity contribution in [2.45, 2.75) is 31.7 Å². The van der Waals surface area contributed by atoms with E-state index in [-0.39, 0.29) is 5.91 Å². The van der Waals surface area contributed by atoms with Crippen molar-refractivity contribution in [1.29, 1.82) is 0 Å². The summed E-state index contributed by atoms with van der Waals surface area (Å²) < 4.78 is 0. The predicted molar refractivity (Wildman–Crippen MR) is 63.0 cm³/mol. The molecule has 0 saturated carbocycles. The first kappa shape index (κ1) is 12.5. The normalized spacial score (nSPS) is 20.2. The molecular formula is C12H15N3O3. The summed E-state index contributed by atoms with van der Waals surface area (Å²) >= 11 is 0. The Bertz CT molecular complexity index is 435. The quantitative estimate of drug-likeness (QED) is 0.843.